The smallest absolute Gasteiger partial charge is 0.250 e. The number of carbonyl (C=O) groups is 1. The highest BCUT2D eigenvalue weighted by atomic mass is 32.1. The maximum Gasteiger partial charge on any atom is 0.250 e. The van der Waals surface area contributed by atoms with Gasteiger partial charge in [0, 0.05) is 11.8 Å². The largest absolute Gasteiger partial charge is 0.332 e. The molecule has 22 heavy (non-hydrogen) atoms. The third-order valence-corrected chi connectivity index (χ3v) is 3.10. The third kappa shape index (κ3) is 4.79. The van der Waals surface area contributed by atoms with Crippen molar-refractivity contribution in [3.05, 3.63) is 71.6 Å². The maximum atomic E-state index is 13.4. The van der Waals surface area contributed by atoms with Crippen LogP contribution in [0.1, 0.15) is 11.1 Å². The molecule has 5 heteroatoms. The lowest BCUT2D eigenvalue weighted by atomic mass is 10.2. The van der Waals surface area contributed by atoms with Crippen molar-refractivity contribution in [2.24, 2.45) is 0 Å². The van der Waals surface area contributed by atoms with Crippen LogP contribution in [0.25, 0.3) is 6.08 Å². The van der Waals surface area contributed by atoms with Gasteiger partial charge in [0.25, 0.3) is 0 Å². The number of halogens is 1. The van der Waals surface area contributed by atoms with Gasteiger partial charge in [-0.05, 0) is 48.5 Å². The number of hydrogen-bond acceptors (Lipinski definition) is 2. The molecule has 0 aliphatic carbocycles. The van der Waals surface area contributed by atoms with Crippen LogP contribution in [0.5, 0.6) is 0 Å². The monoisotopic (exact) mass is 314 g/mol. The Balaban J connectivity index is 1.90. The molecule has 0 bridgehead atoms. The zero-order valence-corrected chi connectivity index (χ0v) is 12.8. The van der Waals surface area contributed by atoms with Crippen LogP contribution in [0.15, 0.2) is 54.6 Å². The summed E-state index contributed by atoms with van der Waals surface area (Å²) in [6.07, 6.45) is 3.07. The van der Waals surface area contributed by atoms with Gasteiger partial charge < -0.3 is 5.32 Å². The molecule has 0 aromatic heterocycles. The molecule has 0 aliphatic rings. The van der Waals surface area contributed by atoms with E-state index in [0.717, 1.165) is 5.56 Å². The summed E-state index contributed by atoms with van der Waals surface area (Å²) in [5, 5.41) is 5.39. The van der Waals surface area contributed by atoms with Crippen molar-refractivity contribution in [1.29, 1.82) is 0 Å². The molecule has 0 saturated carbocycles. The first-order valence-corrected chi connectivity index (χ1v) is 7.06. The molecule has 2 aromatic rings. The lowest BCUT2D eigenvalue weighted by molar-refractivity contribution is -0.115. The Hall–Kier alpha value is -2.53. The number of anilines is 1. The highest BCUT2D eigenvalue weighted by molar-refractivity contribution is 7.80. The van der Waals surface area contributed by atoms with E-state index < -0.39 is 0 Å². The van der Waals surface area contributed by atoms with Gasteiger partial charge in [-0.25, -0.2) is 4.39 Å². The van der Waals surface area contributed by atoms with Gasteiger partial charge in [0.05, 0.1) is 0 Å². The minimum absolute atomic E-state index is 0.117. The van der Waals surface area contributed by atoms with E-state index in [9.17, 15) is 9.18 Å². The van der Waals surface area contributed by atoms with Gasteiger partial charge in [-0.3, -0.25) is 10.1 Å². The summed E-state index contributed by atoms with van der Waals surface area (Å²) in [7, 11) is 0. The number of thiocarbonyl (C=S) groups is 1. The fourth-order valence-electron chi connectivity index (χ4n) is 1.72. The molecular formula is C17H15FN2OS. The highest BCUT2D eigenvalue weighted by Gasteiger charge is 2.03. The second-order valence-corrected chi connectivity index (χ2v) is 5.06. The Labute approximate surface area is 133 Å². The van der Waals surface area contributed by atoms with Crippen LogP contribution in [-0.4, -0.2) is 11.0 Å². The molecule has 0 heterocycles. The third-order valence-electron chi connectivity index (χ3n) is 2.89. The van der Waals surface area contributed by atoms with Crippen molar-refractivity contribution in [1.82, 2.24) is 5.32 Å². The van der Waals surface area contributed by atoms with Gasteiger partial charge >= 0.3 is 0 Å². The van der Waals surface area contributed by atoms with Gasteiger partial charge in [-0.1, -0.05) is 36.4 Å². The molecule has 0 fully saturated rings. The fourth-order valence-corrected chi connectivity index (χ4v) is 1.94. The summed E-state index contributed by atoms with van der Waals surface area (Å²) in [6.45, 7) is 1.67. The summed E-state index contributed by atoms with van der Waals surface area (Å²) in [4.78, 5) is 11.7. The molecule has 1 amide bonds. The van der Waals surface area contributed by atoms with E-state index in [0.29, 0.717) is 11.3 Å². The number of benzene rings is 2. The molecule has 2 rings (SSSR count). The molecule has 112 valence electrons. The average molecular weight is 314 g/mol. The number of rotatable bonds is 3. The van der Waals surface area contributed by atoms with Gasteiger partial charge in [-0.2, -0.15) is 0 Å². The number of nitrogens with one attached hydrogen (secondary N) is 2. The van der Waals surface area contributed by atoms with Crippen molar-refractivity contribution >= 4 is 35.0 Å². The number of hydrogen-bond donors (Lipinski definition) is 2. The van der Waals surface area contributed by atoms with Crippen molar-refractivity contribution in [3.63, 3.8) is 0 Å². The summed E-state index contributed by atoms with van der Waals surface area (Å²) >= 11 is 5.02. The number of amides is 1. The van der Waals surface area contributed by atoms with Gasteiger partial charge in [0.15, 0.2) is 5.11 Å². The van der Waals surface area contributed by atoms with Crippen LogP contribution >= 0.6 is 12.2 Å². The normalized spacial score (nSPS) is 10.5. The van der Waals surface area contributed by atoms with Gasteiger partial charge in [0.2, 0.25) is 5.91 Å². The Morgan fingerprint density at radius 1 is 1.18 bits per heavy atom. The Bertz CT molecular complexity index is 714. The summed E-state index contributed by atoms with van der Waals surface area (Å²) in [6, 6.07) is 14.1. The minimum Gasteiger partial charge on any atom is -0.332 e. The summed E-state index contributed by atoms with van der Waals surface area (Å²) in [5.74, 6) is -0.683. The summed E-state index contributed by atoms with van der Waals surface area (Å²) < 4.78 is 13.4. The van der Waals surface area contributed by atoms with E-state index in [1.807, 2.05) is 30.3 Å². The first-order valence-electron chi connectivity index (χ1n) is 6.66. The molecule has 0 aliphatic heterocycles. The quantitative estimate of drug-likeness (QED) is 0.671. The SMILES string of the molecule is Cc1ccc(NC(=S)NC(=O)C=Cc2ccccc2)cc1F. The first-order chi connectivity index (χ1) is 10.5. The topological polar surface area (TPSA) is 41.1 Å². The standard InChI is InChI=1S/C17H15FN2OS/c1-12-7-9-14(11-15(12)18)19-17(22)20-16(21)10-8-13-5-3-2-4-6-13/h2-11H,1H3,(H2,19,20,21,22). The predicted molar refractivity (Wildman–Crippen MR) is 91.0 cm³/mol. The number of carbonyl (C=O) groups excluding carboxylic acids is 1. The van der Waals surface area contributed by atoms with Crippen molar-refractivity contribution in [2.45, 2.75) is 6.92 Å². The Morgan fingerprint density at radius 3 is 2.59 bits per heavy atom. The molecule has 0 radical (unpaired) electrons. The van der Waals surface area contributed by atoms with Crippen LogP contribution in [0.2, 0.25) is 0 Å². The predicted octanol–water partition coefficient (Wildman–Crippen LogP) is 3.66. The molecule has 2 aromatic carbocycles. The van der Waals surface area contributed by atoms with E-state index in [2.05, 4.69) is 10.6 Å². The summed E-state index contributed by atoms with van der Waals surface area (Å²) in [5.41, 5.74) is 1.95. The zero-order valence-electron chi connectivity index (χ0n) is 12.0. The van der Waals surface area contributed by atoms with Crippen LogP contribution in [0, 0.1) is 12.7 Å². The molecule has 0 spiro atoms. The lowest BCUT2D eigenvalue weighted by Gasteiger charge is -2.08. The van der Waals surface area contributed by atoms with E-state index in [4.69, 9.17) is 12.2 Å². The second kappa shape index (κ2) is 7.47. The van der Waals surface area contributed by atoms with E-state index in [1.165, 1.54) is 12.1 Å². The molecule has 3 nitrogen and oxygen atoms in total. The van der Waals surface area contributed by atoms with Crippen LogP contribution in [-0.2, 0) is 4.79 Å². The van der Waals surface area contributed by atoms with Crippen molar-refractivity contribution in [2.75, 3.05) is 5.32 Å². The Morgan fingerprint density at radius 2 is 1.91 bits per heavy atom. The fraction of sp³-hybridized carbons (Fsp3) is 0.0588. The van der Waals surface area contributed by atoms with E-state index in [1.54, 1.807) is 25.1 Å². The van der Waals surface area contributed by atoms with Gasteiger partial charge in [0.1, 0.15) is 5.82 Å². The minimum atomic E-state index is -0.353. The molecule has 0 saturated heterocycles. The maximum absolute atomic E-state index is 13.4. The molecule has 0 atom stereocenters. The first kappa shape index (κ1) is 15.9. The van der Waals surface area contributed by atoms with Crippen LogP contribution < -0.4 is 10.6 Å². The van der Waals surface area contributed by atoms with Crippen molar-refractivity contribution < 1.29 is 9.18 Å². The van der Waals surface area contributed by atoms with E-state index >= 15 is 0 Å². The molecule has 2 N–H and O–H groups in total. The van der Waals surface area contributed by atoms with Gasteiger partial charge in [-0.15, -0.1) is 0 Å². The van der Waals surface area contributed by atoms with Crippen LogP contribution in [0.4, 0.5) is 10.1 Å². The van der Waals surface area contributed by atoms with Crippen molar-refractivity contribution in [3.8, 4) is 0 Å². The zero-order chi connectivity index (χ0) is 15.9. The Kier molecular flexibility index (Phi) is 5.38. The number of aryl methyl sites for hydroxylation is 1. The van der Waals surface area contributed by atoms with E-state index in [-0.39, 0.29) is 16.8 Å². The lowest BCUT2D eigenvalue weighted by Crippen LogP contribution is -2.32. The molecule has 0 unspecified atom stereocenters. The second-order valence-electron chi connectivity index (χ2n) is 4.65. The van der Waals surface area contributed by atoms with Crippen LogP contribution in [0.3, 0.4) is 0 Å². The molecular weight excluding hydrogens is 299 g/mol. The highest BCUT2D eigenvalue weighted by Crippen LogP contribution is 2.13. The average Bonchev–Trinajstić information content (AvgIpc) is 2.50.